The summed E-state index contributed by atoms with van der Waals surface area (Å²) in [5, 5.41) is 7.75. The number of nitrogens with zero attached hydrogens (tertiary/aromatic N) is 3. The lowest BCUT2D eigenvalue weighted by Gasteiger charge is -2.31. The molecule has 1 aliphatic heterocycles. The molecule has 8 heteroatoms. The number of carbonyl (C=O) groups excluding carboxylic acids is 2. The van der Waals surface area contributed by atoms with Crippen LogP contribution in [0.2, 0.25) is 0 Å². The minimum atomic E-state index is -0.223. The fourth-order valence-electron chi connectivity index (χ4n) is 4.31. The minimum Gasteiger partial charge on any atom is -0.497 e. The summed E-state index contributed by atoms with van der Waals surface area (Å²) in [6.07, 6.45) is 4.40. The fourth-order valence-corrected chi connectivity index (χ4v) is 4.31. The van der Waals surface area contributed by atoms with Crippen molar-refractivity contribution in [3.05, 3.63) is 66.4 Å². The summed E-state index contributed by atoms with van der Waals surface area (Å²) in [5.41, 5.74) is 8.32. The molecule has 1 fully saturated rings. The highest BCUT2D eigenvalue weighted by Crippen LogP contribution is 2.26. The molecule has 1 atom stereocenters. The Labute approximate surface area is 199 Å². The zero-order valence-corrected chi connectivity index (χ0v) is 19.4. The van der Waals surface area contributed by atoms with E-state index in [1.54, 1.807) is 18.0 Å². The summed E-state index contributed by atoms with van der Waals surface area (Å²) >= 11 is 0. The van der Waals surface area contributed by atoms with Gasteiger partial charge in [0.25, 0.3) is 5.91 Å². The number of amides is 2. The van der Waals surface area contributed by atoms with Gasteiger partial charge < -0.3 is 20.7 Å². The predicted molar refractivity (Wildman–Crippen MR) is 131 cm³/mol. The lowest BCUT2D eigenvalue weighted by Crippen LogP contribution is -2.42. The Morgan fingerprint density at radius 2 is 1.91 bits per heavy atom. The third-order valence-electron chi connectivity index (χ3n) is 6.19. The number of rotatable bonds is 9. The van der Waals surface area contributed by atoms with Crippen molar-refractivity contribution in [2.45, 2.75) is 19.3 Å². The molecule has 0 aliphatic carbocycles. The maximum absolute atomic E-state index is 13.1. The molecule has 0 saturated carbocycles. The van der Waals surface area contributed by atoms with Gasteiger partial charge in [-0.05, 0) is 68.8 Å². The van der Waals surface area contributed by atoms with E-state index in [0.717, 1.165) is 49.4 Å². The molecular weight excluding hydrogens is 430 g/mol. The van der Waals surface area contributed by atoms with E-state index in [0.29, 0.717) is 24.3 Å². The van der Waals surface area contributed by atoms with Gasteiger partial charge >= 0.3 is 0 Å². The number of hydrogen-bond donors (Lipinski definition) is 2. The molecule has 1 saturated heterocycles. The Balaban J connectivity index is 1.44. The summed E-state index contributed by atoms with van der Waals surface area (Å²) in [5.74, 6) is 0.286. The van der Waals surface area contributed by atoms with Crippen LogP contribution in [0.1, 0.15) is 29.6 Å². The number of likely N-dealkylation sites (tertiary alicyclic amines) is 1. The Kier molecular flexibility index (Phi) is 7.59. The lowest BCUT2D eigenvalue weighted by atomic mass is 9.97. The van der Waals surface area contributed by atoms with E-state index < -0.39 is 0 Å². The number of nitrogens with two attached hydrogens (primary N) is 1. The number of aromatic nitrogens is 2. The third-order valence-corrected chi connectivity index (χ3v) is 6.19. The van der Waals surface area contributed by atoms with Gasteiger partial charge in [-0.25, -0.2) is 4.68 Å². The van der Waals surface area contributed by atoms with Gasteiger partial charge in [0.2, 0.25) is 5.91 Å². The SMILES string of the molecule is COc1ccc(-c2nn(-c3ccccc3)cc2C(=O)NCCCN2CCCC(C(N)=O)C2)cc1. The molecular formula is C26H31N5O3. The quantitative estimate of drug-likeness (QED) is 0.477. The molecule has 3 N–H and O–H groups in total. The number of nitrogens with one attached hydrogen (secondary N) is 1. The van der Waals surface area contributed by atoms with Gasteiger partial charge in [0.05, 0.1) is 24.3 Å². The maximum atomic E-state index is 13.1. The van der Waals surface area contributed by atoms with Gasteiger partial charge in [0, 0.05) is 24.8 Å². The first-order valence-corrected chi connectivity index (χ1v) is 11.6. The average Bonchev–Trinajstić information content (AvgIpc) is 3.33. The predicted octanol–water partition coefficient (Wildman–Crippen LogP) is 2.87. The number of methoxy groups -OCH3 is 1. The first kappa shape index (κ1) is 23.5. The maximum Gasteiger partial charge on any atom is 0.255 e. The van der Waals surface area contributed by atoms with Crippen LogP contribution in [0.25, 0.3) is 16.9 Å². The second kappa shape index (κ2) is 11.0. The molecule has 3 aromatic rings. The largest absolute Gasteiger partial charge is 0.497 e. The summed E-state index contributed by atoms with van der Waals surface area (Å²) < 4.78 is 6.99. The van der Waals surface area contributed by atoms with Crippen molar-refractivity contribution >= 4 is 11.8 Å². The number of para-hydroxylation sites is 1. The molecule has 34 heavy (non-hydrogen) atoms. The van der Waals surface area contributed by atoms with Crippen molar-refractivity contribution in [1.29, 1.82) is 0 Å². The van der Waals surface area contributed by atoms with Gasteiger partial charge in [0.1, 0.15) is 11.4 Å². The Bertz CT molecular complexity index is 1110. The summed E-state index contributed by atoms with van der Waals surface area (Å²) in [6, 6.07) is 17.2. The van der Waals surface area contributed by atoms with E-state index in [4.69, 9.17) is 15.6 Å². The van der Waals surface area contributed by atoms with Crippen molar-refractivity contribution in [3.63, 3.8) is 0 Å². The van der Waals surface area contributed by atoms with Crippen LogP contribution in [-0.2, 0) is 4.79 Å². The van der Waals surface area contributed by atoms with Crippen LogP contribution in [0.5, 0.6) is 5.75 Å². The highest BCUT2D eigenvalue weighted by Gasteiger charge is 2.23. The van der Waals surface area contributed by atoms with Gasteiger partial charge in [-0.2, -0.15) is 5.10 Å². The lowest BCUT2D eigenvalue weighted by molar-refractivity contribution is -0.123. The normalized spacial score (nSPS) is 16.2. The van der Waals surface area contributed by atoms with Gasteiger partial charge in [0.15, 0.2) is 0 Å². The van der Waals surface area contributed by atoms with Crippen LogP contribution < -0.4 is 15.8 Å². The average molecular weight is 462 g/mol. The number of ether oxygens (including phenoxy) is 1. The summed E-state index contributed by atoms with van der Waals surface area (Å²) in [6.45, 7) is 3.02. The molecule has 2 aromatic carbocycles. The standard InChI is InChI=1S/C26H31N5O3/c1-34-22-12-10-19(11-13-22)24-23(18-31(29-24)21-8-3-2-4-9-21)26(33)28-14-6-16-30-15-5-7-20(17-30)25(27)32/h2-4,8-13,18,20H,5-7,14-17H2,1H3,(H2,27,32)(H,28,33). The van der Waals surface area contributed by atoms with E-state index >= 15 is 0 Å². The van der Waals surface area contributed by atoms with Crippen LogP contribution in [-0.4, -0.2) is 59.8 Å². The molecule has 4 rings (SSSR count). The van der Waals surface area contributed by atoms with E-state index in [1.165, 1.54) is 0 Å². The number of piperidine rings is 1. The van der Waals surface area contributed by atoms with Crippen LogP contribution in [0.3, 0.4) is 0 Å². The van der Waals surface area contributed by atoms with Gasteiger partial charge in [-0.1, -0.05) is 18.2 Å². The monoisotopic (exact) mass is 461 g/mol. The fraction of sp³-hybridized carbons (Fsp3) is 0.346. The molecule has 2 amide bonds. The molecule has 1 unspecified atom stereocenters. The molecule has 1 aromatic heterocycles. The Morgan fingerprint density at radius 1 is 1.15 bits per heavy atom. The van der Waals surface area contributed by atoms with Gasteiger partial charge in [-0.3, -0.25) is 9.59 Å². The molecule has 8 nitrogen and oxygen atoms in total. The first-order chi connectivity index (χ1) is 16.5. The van der Waals surface area contributed by atoms with Crippen LogP contribution in [0.15, 0.2) is 60.8 Å². The topological polar surface area (TPSA) is 102 Å². The third kappa shape index (κ3) is 5.63. The van der Waals surface area contributed by atoms with Crippen LogP contribution >= 0.6 is 0 Å². The smallest absolute Gasteiger partial charge is 0.255 e. The van der Waals surface area contributed by atoms with Gasteiger partial charge in [-0.15, -0.1) is 0 Å². The second-order valence-electron chi connectivity index (χ2n) is 8.55. The highest BCUT2D eigenvalue weighted by atomic mass is 16.5. The van der Waals surface area contributed by atoms with Crippen molar-refractivity contribution < 1.29 is 14.3 Å². The Morgan fingerprint density at radius 3 is 2.62 bits per heavy atom. The van der Waals surface area contributed by atoms with Crippen LogP contribution in [0.4, 0.5) is 0 Å². The molecule has 0 bridgehead atoms. The molecule has 0 radical (unpaired) electrons. The molecule has 1 aliphatic rings. The summed E-state index contributed by atoms with van der Waals surface area (Å²) in [4.78, 5) is 26.9. The summed E-state index contributed by atoms with van der Waals surface area (Å²) in [7, 11) is 1.62. The first-order valence-electron chi connectivity index (χ1n) is 11.6. The van der Waals surface area contributed by atoms with Crippen molar-refractivity contribution in [2.75, 3.05) is 33.3 Å². The number of primary amides is 1. The Hall–Kier alpha value is -3.65. The van der Waals surface area contributed by atoms with Crippen molar-refractivity contribution in [1.82, 2.24) is 20.0 Å². The van der Waals surface area contributed by atoms with E-state index in [2.05, 4.69) is 10.2 Å². The molecule has 2 heterocycles. The second-order valence-corrected chi connectivity index (χ2v) is 8.55. The van der Waals surface area contributed by atoms with E-state index in [9.17, 15) is 9.59 Å². The molecule has 0 spiro atoms. The van der Waals surface area contributed by atoms with Crippen molar-refractivity contribution in [3.8, 4) is 22.7 Å². The minimum absolute atomic E-state index is 0.0702. The van der Waals surface area contributed by atoms with E-state index in [-0.39, 0.29) is 17.7 Å². The van der Waals surface area contributed by atoms with E-state index in [1.807, 2.05) is 54.6 Å². The number of hydrogen-bond acceptors (Lipinski definition) is 5. The zero-order valence-electron chi connectivity index (χ0n) is 19.4. The molecule has 178 valence electrons. The highest BCUT2D eigenvalue weighted by molar-refractivity contribution is 6.00. The number of carbonyl (C=O) groups is 2. The van der Waals surface area contributed by atoms with Crippen molar-refractivity contribution in [2.24, 2.45) is 11.7 Å². The number of benzene rings is 2. The van der Waals surface area contributed by atoms with Crippen LogP contribution in [0, 0.1) is 5.92 Å². The zero-order chi connectivity index (χ0) is 23.9.